The molecule has 0 saturated heterocycles. The van der Waals surface area contributed by atoms with Gasteiger partial charge in [0.05, 0.1) is 24.0 Å². The summed E-state index contributed by atoms with van der Waals surface area (Å²) in [6.07, 6.45) is 0. The maximum absolute atomic E-state index is 8.99. The Hall–Kier alpha value is -2.74. The lowest BCUT2D eigenvalue weighted by molar-refractivity contribution is 0.401. The van der Waals surface area contributed by atoms with Crippen LogP contribution in [0.25, 0.3) is 0 Å². The molecule has 0 radical (unpaired) electrons. The molecule has 5 nitrogen and oxygen atoms in total. The van der Waals surface area contributed by atoms with Gasteiger partial charge in [-0.3, -0.25) is 0 Å². The minimum Gasteiger partial charge on any atom is -0.479 e. The second kappa shape index (κ2) is 5.06. The van der Waals surface area contributed by atoms with Crippen molar-refractivity contribution < 1.29 is 4.74 Å². The van der Waals surface area contributed by atoms with Crippen LogP contribution in [0.2, 0.25) is 0 Å². The Kier molecular flexibility index (Phi) is 3.30. The number of anilines is 3. The van der Waals surface area contributed by atoms with Crippen LogP contribution >= 0.6 is 0 Å². The van der Waals surface area contributed by atoms with Crippen LogP contribution < -0.4 is 15.8 Å². The standard InChI is InChI=1S/C13H12N4O/c1-18-13-10(15)6-7-12(17-13)16-11-5-3-2-4-9(11)8-14/h2-7H,15H2,1H3,(H,16,17). The number of nitrogen functional groups attached to an aromatic ring is 1. The van der Waals surface area contributed by atoms with Crippen LogP contribution in [0.5, 0.6) is 5.88 Å². The van der Waals surface area contributed by atoms with Crippen LogP contribution in [0.15, 0.2) is 36.4 Å². The molecule has 90 valence electrons. The van der Waals surface area contributed by atoms with E-state index in [1.165, 1.54) is 7.11 Å². The fraction of sp³-hybridized carbons (Fsp3) is 0.0769. The van der Waals surface area contributed by atoms with E-state index in [0.717, 1.165) is 0 Å². The molecule has 2 rings (SSSR count). The summed E-state index contributed by atoms with van der Waals surface area (Å²) in [6, 6.07) is 12.7. The molecule has 1 aromatic heterocycles. The van der Waals surface area contributed by atoms with E-state index in [4.69, 9.17) is 15.7 Å². The molecule has 0 atom stereocenters. The van der Waals surface area contributed by atoms with Crippen molar-refractivity contribution in [3.8, 4) is 11.9 Å². The van der Waals surface area contributed by atoms with Gasteiger partial charge in [0.1, 0.15) is 11.9 Å². The average molecular weight is 240 g/mol. The second-order valence-corrected chi connectivity index (χ2v) is 3.58. The molecule has 1 heterocycles. The first kappa shape index (κ1) is 11.7. The lowest BCUT2D eigenvalue weighted by Crippen LogP contribution is -2.00. The molecule has 2 aromatic rings. The molecule has 0 unspecified atom stereocenters. The van der Waals surface area contributed by atoms with Gasteiger partial charge >= 0.3 is 0 Å². The van der Waals surface area contributed by atoms with Crippen LogP contribution in [0.1, 0.15) is 5.56 Å². The fourth-order valence-corrected chi connectivity index (χ4v) is 1.51. The molecule has 0 aliphatic carbocycles. The highest BCUT2D eigenvalue weighted by Gasteiger charge is 2.05. The number of rotatable bonds is 3. The Morgan fingerprint density at radius 2 is 2.06 bits per heavy atom. The predicted molar refractivity (Wildman–Crippen MR) is 69.6 cm³/mol. The number of methoxy groups -OCH3 is 1. The number of nitrogens with zero attached hydrogens (tertiary/aromatic N) is 2. The van der Waals surface area contributed by atoms with E-state index in [1.54, 1.807) is 24.3 Å². The van der Waals surface area contributed by atoms with E-state index < -0.39 is 0 Å². The second-order valence-electron chi connectivity index (χ2n) is 3.58. The van der Waals surface area contributed by atoms with Crippen molar-refractivity contribution in [1.82, 2.24) is 4.98 Å². The molecule has 0 spiro atoms. The first-order valence-electron chi connectivity index (χ1n) is 5.31. The van der Waals surface area contributed by atoms with Crippen LogP contribution in [0, 0.1) is 11.3 Å². The molecule has 5 heteroatoms. The quantitative estimate of drug-likeness (QED) is 0.859. The Morgan fingerprint density at radius 3 is 2.78 bits per heavy atom. The molecule has 0 fully saturated rings. The number of hydrogen-bond acceptors (Lipinski definition) is 5. The van der Waals surface area contributed by atoms with Crippen molar-refractivity contribution in [2.45, 2.75) is 0 Å². The summed E-state index contributed by atoms with van der Waals surface area (Å²) in [5.41, 5.74) is 7.40. The third kappa shape index (κ3) is 2.33. The van der Waals surface area contributed by atoms with Crippen molar-refractivity contribution in [3.63, 3.8) is 0 Å². The number of nitriles is 1. The summed E-state index contributed by atoms with van der Waals surface area (Å²) in [5.74, 6) is 0.929. The number of nitrogens with two attached hydrogens (primary N) is 1. The molecule has 0 aliphatic heterocycles. The first-order valence-corrected chi connectivity index (χ1v) is 5.31. The Morgan fingerprint density at radius 1 is 1.28 bits per heavy atom. The largest absolute Gasteiger partial charge is 0.479 e. The molecule has 0 aliphatic rings. The van der Waals surface area contributed by atoms with Gasteiger partial charge < -0.3 is 15.8 Å². The predicted octanol–water partition coefficient (Wildman–Crippen LogP) is 2.29. The van der Waals surface area contributed by atoms with Crippen LogP contribution in [-0.4, -0.2) is 12.1 Å². The van der Waals surface area contributed by atoms with Gasteiger partial charge in [0, 0.05) is 0 Å². The lowest BCUT2D eigenvalue weighted by atomic mass is 10.2. The zero-order valence-electron chi connectivity index (χ0n) is 9.84. The molecule has 1 aromatic carbocycles. The Bertz CT molecular complexity index is 604. The fourth-order valence-electron chi connectivity index (χ4n) is 1.51. The van der Waals surface area contributed by atoms with Gasteiger partial charge in [-0.2, -0.15) is 10.2 Å². The molecule has 18 heavy (non-hydrogen) atoms. The van der Waals surface area contributed by atoms with Crippen molar-refractivity contribution >= 4 is 17.2 Å². The molecule has 0 amide bonds. The molecule has 3 N–H and O–H groups in total. The summed E-state index contributed by atoms with van der Waals surface area (Å²) in [6.45, 7) is 0. The molecular formula is C13H12N4O. The highest BCUT2D eigenvalue weighted by molar-refractivity contribution is 5.66. The van der Waals surface area contributed by atoms with Crippen LogP contribution in [0.3, 0.4) is 0 Å². The van der Waals surface area contributed by atoms with Crippen LogP contribution in [0.4, 0.5) is 17.2 Å². The van der Waals surface area contributed by atoms with Gasteiger partial charge in [-0.1, -0.05) is 12.1 Å². The Labute approximate surface area is 105 Å². The molecular weight excluding hydrogens is 228 g/mol. The van der Waals surface area contributed by atoms with Gasteiger partial charge in [0.2, 0.25) is 5.88 Å². The van der Waals surface area contributed by atoms with Crippen LogP contribution in [-0.2, 0) is 0 Å². The number of benzene rings is 1. The Balaban J connectivity index is 2.32. The van der Waals surface area contributed by atoms with Gasteiger partial charge in [-0.25, -0.2) is 0 Å². The third-order valence-corrected chi connectivity index (χ3v) is 2.39. The van der Waals surface area contributed by atoms with E-state index in [9.17, 15) is 0 Å². The van der Waals surface area contributed by atoms with E-state index in [2.05, 4.69) is 16.4 Å². The van der Waals surface area contributed by atoms with Gasteiger partial charge in [-0.15, -0.1) is 0 Å². The number of para-hydroxylation sites is 1. The molecule has 0 saturated carbocycles. The smallest absolute Gasteiger partial charge is 0.238 e. The maximum atomic E-state index is 8.99. The summed E-state index contributed by atoms with van der Waals surface area (Å²) >= 11 is 0. The van der Waals surface area contributed by atoms with Gasteiger partial charge in [0.25, 0.3) is 0 Å². The number of pyridine rings is 1. The topological polar surface area (TPSA) is 84.0 Å². The zero-order valence-corrected chi connectivity index (χ0v) is 9.84. The van der Waals surface area contributed by atoms with Gasteiger partial charge in [-0.05, 0) is 24.3 Å². The number of hydrogen-bond donors (Lipinski definition) is 2. The number of nitrogens with one attached hydrogen (secondary N) is 1. The number of ether oxygens (including phenoxy) is 1. The molecule has 0 bridgehead atoms. The third-order valence-electron chi connectivity index (χ3n) is 2.39. The monoisotopic (exact) mass is 240 g/mol. The summed E-state index contributed by atoms with van der Waals surface area (Å²) in [5, 5.41) is 12.0. The highest BCUT2D eigenvalue weighted by Crippen LogP contribution is 2.24. The highest BCUT2D eigenvalue weighted by atomic mass is 16.5. The zero-order chi connectivity index (χ0) is 13.0. The lowest BCUT2D eigenvalue weighted by Gasteiger charge is -2.09. The van der Waals surface area contributed by atoms with Gasteiger partial charge in [0.15, 0.2) is 0 Å². The van der Waals surface area contributed by atoms with E-state index >= 15 is 0 Å². The summed E-state index contributed by atoms with van der Waals surface area (Å²) in [7, 11) is 1.51. The van der Waals surface area contributed by atoms with E-state index in [0.29, 0.717) is 28.6 Å². The maximum Gasteiger partial charge on any atom is 0.238 e. The van der Waals surface area contributed by atoms with Crippen molar-refractivity contribution in [2.24, 2.45) is 0 Å². The average Bonchev–Trinajstić information content (AvgIpc) is 2.41. The SMILES string of the molecule is COc1nc(Nc2ccccc2C#N)ccc1N. The van der Waals surface area contributed by atoms with E-state index in [1.807, 2.05) is 12.1 Å². The van der Waals surface area contributed by atoms with Crippen molar-refractivity contribution in [2.75, 3.05) is 18.2 Å². The summed E-state index contributed by atoms with van der Waals surface area (Å²) in [4.78, 5) is 4.19. The minimum atomic E-state index is 0.356. The first-order chi connectivity index (χ1) is 8.74. The summed E-state index contributed by atoms with van der Waals surface area (Å²) < 4.78 is 5.04. The number of aromatic nitrogens is 1. The van der Waals surface area contributed by atoms with Crippen molar-refractivity contribution in [1.29, 1.82) is 5.26 Å². The normalized spacial score (nSPS) is 9.56. The minimum absolute atomic E-state index is 0.356. The van der Waals surface area contributed by atoms with Crippen molar-refractivity contribution in [3.05, 3.63) is 42.0 Å². The van der Waals surface area contributed by atoms with E-state index in [-0.39, 0.29) is 0 Å².